The van der Waals surface area contributed by atoms with Crippen molar-refractivity contribution >= 4 is 27.5 Å². The first-order chi connectivity index (χ1) is 13.9. The van der Waals surface area contributed by atoms with E-state index in [0.29, 0.717) is 27.7 Å². The molecule has 2 heterocycles. The Labute approximate surface area is 170 Å². The van der Waals surface area contributed by atoms with Crippen LogP contribution in [0, 0.1) is 11.7 Å². The van der Waals surface area contributed by atoms with Crippen molar-refractivity contribution in [1.82, 2.24) is 9.97 Å². The maximum atomic E-state index is 12.9. The van der Waals surface area contributed by atoms with Crippen molar-refractivity contribution in [2.75, 3.05) is 6.61 Å². The third-order valence-electron chi connectivity index (χ3n) is 5.05. The van der Waals surface area contributed by atoms with E-state index in [2.05, 4.69) is 16.9 Å². The zero-order chi connectivity index (χ0) is 20.5. The Bertz CT molecular complexity index is 1110. The average molecular weight is 416 g/mol. The number of nitrogens with one attached hydrogen (secondary N) is 1. The molecule has 0 radical (unpaired) electrons. The number of carbonyl (C=O) groups excluding carboxylic acids is 1. The van der Waals surface area contributed by atoms with Crippen molar-refractivity contribution in [3.05, 3.63) is 56.7 Å². The Kier molecular flexibility index (Phi) is 5.36. The van der Waals surface area contributed by atoms with Crippen LogP contribution in [-0.4, -0.2) is 22.5 Å². The summed E-state index contributed by atoms with van der Waals surface area (Å²) in [5.74, 6) is 0.286. The molecular weight excluding hydrogens is 395 g/mol. The molecule has 0 unspecified atom stereocenters. The number of carbonyl (C=O) groups is 1. The SMILES string of the molecule is C[C@H]1CCc2c(sc3nc([C@@H](C)OC(=O)COc4ccc(F)cc4)[nH]c(=O)c23)C1. The lowest BCUT2D eigenvalue weighted by Crippen LogP contribution is -2.21. The van der Waals surface area contributed by atoms with E-state index >= 15 is 0 Å². The van der Waals surface area contributed by atoms with Gasteiger partial charge in [-0.25, -0.2) is 14.2 Å². The lowest BCUT2D eigenvalue weighted by Gasteiger charge is -2.17. The van der Waals surface area contributed by atoms with Crippen LogP contribution in [0.2, 0.25) is 0 Å². The molecule has 1 aliphatic carbocycles. The Morgan fingerprint density at radius 2 is 2.14 bits per heavy atom. The number of benzene rings is 1. The van der Waals surface area contributed by atoms with Crippen molar-refractivity contribution < 1.29 is 18.7 Å². The van der Waals surface area contributed by atoms with Crippen molar-refractivity contribution in [2.24, 2.45) is 5.92 Å². The minimum atomic E-state index is -0.727. The number of hydrogen-bond donors (Lipinski definition) is 1. The quantitative estimate of drug-likeness (QED) is 0.638. The van der Waals surface area contributed by atoms with Crippen LogP contribution in [0.15, 0.2) is 29.1 Å². The number of halogens is 1. The number of fused-ring (bicyclic) bond motifs is 3. The lowest BCUT2D eigenvalue weighted by molar-refractivity contribution is -0.151. The fourth-order valence-corrected chi connectivity index (χ4v) is 4.91. The van der Waals surface area contributed by atoms with E-state index in [1.807, 2.05) is 0 Å². The van der Waals surface area contributed by atoms with E-state index in [9.17, 15) is 14.0 Å². The van der Waals surface area contributed by atoms with Crippen LogP contribution in [0.3, 0.4) is 0 Å². The standard InChI is InChI=1S/C21H21FN2O4S/c1-11-3-8-15-16(9-11)29-21-18(15)20(26)23-19(24-21)12(2)28-17(25)10-27-14-6-4-13(22)5-7-14/h4-7,11-12H,3,8-10H2,1-2H3,(H,23,24,26)/t11-,12+/m0/s1. The summed E-state index contributed by atoms with van der Waals surface area (Å²) >= 11 is 1.55. The summed E-state index contributed by atoms with van der Waals surface area (Å²) in [6.45, 7) is 3.54. The number of hydrogen-bond acceptors (Lipinski definition) is 6. The van der Waals surface area contributed by atoms with Crippen LogP contribution in [-0.2, 0) is 22.4 Å². The predicted molar refractivity (Wildman–Crippen MR) is 108 cm³/mol. The number of thiophene rings is 1. The van der Waals surface area contributed by atoms with Gasteiger partial charge < -0.3 is 14.5 Å². The van der Waals surface area contributed by atoms with E-state index in [-0.39, 0.29) is 18.0 Å². The molecule has 0 aliphatic heterocycles. The van der Waals surface area contributed by atoms with E-state index in [4.69, 9.17) is 9.47 Å². The number of aromatic amines is 1. The highest BCUT2D eigenvalue weighted by molar-refractivity contribution is 7.18. The molecule has 4 rings (SSSR count). The molecule has 0 spiro atoms. The average Bonchev–Trinajstić information content (AvgIpc) is 3.05. The van der Waals surface area contributed by atoms with Crippen LogP contribution >= 0.6 is 11.3 Å². The lowest BCUT2D eigenvalue weighted by atomic mass is 9.89. The molecule has 0 amide bonds. The second kappa shape index (κ2) is 7.94. The highest BCUT2D eigenvalue weighted by Gasteiger charge is 2.24. The maximum Gasteiger partial charge on any atom is 0.344 e. The minimum Gasteiger partial charge on any atom is -0.482 e. The second-order valence-electron chi connectivity index (χ2n) is 7.36. The molecule has 152 valence electrons. The van der Waals surface area contributed by atoms with Gasteiger partial charge in [0.15, 0.2) is 18.5 Å². The first kappa shape index (κ1) is 19.6. The van der Waals surface area contributed by atoms with Gasteiger partial charge in [-0.05, 0) is 61.9 Å². The van der Waals surface area contributed by atoms with Gasteiger partial charge in [-0.2, -0.15) is 0 Å². The van der Waals surface area contributed by atoms with Crippen molar-refractivity contribution in [2.45, 2.75) is 39.2 Å². The highest BCUT2D eigenvalue weighted by Crippen LogP contribution is 2.35. The molecule has 29 heavy (non-hydrogen) atoms. The summed E-state index contributed by atoms with van der Waals surface area (Å²) in [6, 6.07) is 5.35. The molecule has 3 aromatic rings. The second-order valence-corrected chi connectivity index (χ2v) is 8.44. The largest absolute Gasteiger partial charge is 0.482 e. The molecule has 8 heteroatoms. The number of ether oxygens (including phenoxy) is 2. The molecule has 0 fully saturated rings. The number of aromatic nitrogens is 2. The van der Waals surface area contributed by atoms with Gasteiger partial charge in [-0.1, -0.05) is 6.92 Å². The molecule has 0 bridgehead atoms. The number of aryl methyl sites for hydroxylation is 1. The fraction of sp³-hybridized carbons (Fsp3) is 0.381. The van der Waals surface area contributed by atoms with Gasteiger partial charge >= 0.3 is 5.97 Å². The van der Waals surface area contributed by atoms with Crippen molar-refractivity contribution in [1.29, 1.82) is 0 Å². The summed E-state index contributed by atoms with van der Waals surface area (Å²) < 4.78 is 23.5. The molecule has 0 saturated carbocycles. The topological polar surface area (TPSA) is 81.3 Å². The molecule has 1 aliphatic rings. The number of rotatable bonds is 5. The zero-order valence-electron chi connectivity index (χ0n) is 16.2. The summed E-state index contributed by atoms with van der Waals surface area (Å²) in [4.78, 5) is 34.0. The van der Waals surface area contributed by atoms with Gasteiger partial charge in [-0.3, -0.25) is 4.79 Å². The molecule has 1 N–H and O–H groups in total. The van der Waals surface area contributed by atoms with Crippen molar-refractivity contribution in [3.8, 4) is 5.75 Å². The maximum absolute atomic E-state index is 12.9. The van der Waals surface area contributed by atoms with Gasteiger partial charge in [0.05, 0.1) is 5.39 Å². The first-order valence-electron chi connectivity index (χ1n) is 9.53. The number of nitrogens with zero attached hydrogens (tertiary/aromatic N) is 1. The Morgan fingerprint density at radius 3 is 2.90 bits per heavy atom. The number of esters is 1. The molecule has 1 aromatic carbocycles. The smallest absolute Gasteiger partial charge is 0.344 e. The van der Waals surface area contributed by atoms with Crippen LogP contribution in [0.5, 0.6) is 5.75 Å². The van der Waals surface area contributed by atoms with Gasteiger partial charge in [0.2, 0.25) is 0 Å². The first-order valence-corrected chi connectivity index (χ1v) is 10.3. The Balaban J connectivity index is 1.46. The third kappa shape index (κ3) is 4.17. The summed E-state index contributed by atoms with van der Waals surface area (Å²) in [6.07, 6.45) is 2.21. The van der Waals surface area contributed by atoms with Gasteiger partial charge in [0.1, 0.15) is 16.4 Å². The molecule has 2 aromatic heterocycles. The Hall–Kier alpha value is -2.74. The van der Waals surface area contributed by atoms with Gasteiger partial charge in [-0.15, -0.1) is 11.3 Å². The van der Waals surface area contributed by atoms with E-state index in [1.165, 1.54) is 29.1 Å². The highest BCUT2D eigenvalue weighted by atomic mass is 32.1. The third-order valence-corrected chi connectivity index (χ3v) is 6.20. The summed E-state index contributed by atoms with van der Waals surface area (Å²) in [5.41, 5.74) is 0.920. The van der Waals surface area contributed by atoms with Crippen LogP contribution in [0.25, 0.3) is 10.2 Å². The van der Waals surface area contributed by atoms with Crippen LogP contribution in [0.4, 0.5) is 4.39 Å². The molecular formula is C21H21FN2O4S. The molecule has 6 nitrogen and oxygen atoms in total. The Morgan fingerprint density at radius 1 is 1.38 bits per heavy atom. The summed E-state index contributed by atoms with van der Waals surface area (Å²) in [7, 11) is 0. The molecule has 0 saturated heterocycles. The summed E-state index contributed by atoms with van der Waals surface area (Å²) in [5, 5.41) is 0.666. The van der Waals surface area contributed by atoms with E-state index < -0.39 is 12.1 Å². The van der Waals surface area contributed by atoms with Gasteiger partial charge in [0, 0.05) is 4.88 Å². The predicted octanol–water partition coefficient (Wildman–Crippen LogP) is 3.93. The minimum absolute atomic E-state index is 0.192. The van der Waals surface area contributed by atoms with Crippen molar-refractivity contribution in [3.63, 3.8) is 0 Å². The molecule has 2 atom stereocenters. The number of H-pyrrole nitrogens is 1. The van der Waals surface area contributed by atoms with E-state index in [1.54, 1.807) is 18.3 Å². The zero-order valence-corrected chi connectivity index (χ0v) is 17.0. The fourth-order valence-electron chi connectivity index (χ4n) is 3.52. The van der Waals surface area contributed by atoms with Crippen LogP contribution in [0.1, 0.15) is 42.6 Å². The normalized spacial score (nSPS) is 17.0. The van der Waals surface area contributed by atoms with Gasteiger partial charge in [0.25, 0.3) is 5.56 Å². The van der Waals surface area contributed by atoms with Crippen LogP contribution < -0.4 is 10.3 Å². The monoisotopic (exact) mass is 416 g/mol. The van der Waals surface area contributed by atoms with E-state index in [0.717, 1.165) is 24.8 Å².